The fourth-order valence-electron chi connectivity index (χ4n) is 1.36. The maximum absolute atomic E-state index is 13.0. The van der Waals surface area contributed by atoms with Crippen molar-refractivity contribution in [3.05, 3.63) is 34.1 Å². The van der Waals surface area contributed by atoms with Crippen LogP contribution in [-0.4, -0.2) is 31.4 Å². The molecular weight excluding hydrogens is 353 g/mol. The standard InChI is InChI=1S/C12H15BrFN3O2.ClH/c13-10-2-1-8(14)7-9(10)12(19)17-5-3-11(18)16-6-4-15;/h1-2,7H,3-6,15H2,(H,16,18)(H,17,19);1H. The molecule has 1 rings (SSSR count). The lowest BCUT2D eigenvalue weighted by atomic mass is 10.2. The van der Waals surface area contributed by atoms with E-state index in [1.165, 1.54) is 12.1 Å². The first-order valence-electron chi connectivity index (χ1n) is 5.74. The monoisotopic (exact) mass is 367 g/mol. The molecule has 4 N–H and O–H groups in total. The van der Waals surface area contributed by atoms with Gasteiger partial charge in [0.25, 0.3) is 5.91 Å². The highest BCUT2D eigenvalue weighted by Gasteiger charge is 2.11. The molecule has 20 heavy (non-hydrogen) atoms. The molecule has 0 spiro atoms. The Morgan fingerprint density at radius 1 is 1.25 bits per heavy atom. The summed E-state index contributed by atoms with van der Waals surface area (Å²) in [5.74, 6) is -1.11. The Labute approximate surface area is 131 Å². The van der Waals surface area contributed by atoms with Gasteiger partial charge in [-0.25, -0.2) is 4.39 Å². The van der Waals surface area contributed by atoms with Crippen molar-refractivity contribution in [2.24, 2.45) is 5.73 Å². The van der Waals surface area contributed by atoms with Gasteiger partial charge >= 0.3 is 0 Å². The second-order valence-corrected chi connectivity index (χ2v) is 4.62. The molecular formula is C12H16BrClFN3O2. The zero-order valence-corrected chi connectivity index (χ0v) is 13.0. The van der Waals surface area contributed by atoms with Crippen molar-refractivity contribution >= 4 is 40.2 Å². The van der Waals surface area contributed by atoms with E-state index in [0.717, 1.165) is 6.07 Å². The van der Waals surface area contributed by atoms with E-state index in [2.05, 4.69) is 26.6 Å². The summed E-state index contributed by atoms with van der Waals surface area (Å²) in [7, 11) is 0. The van der Waals surface area contributed by atoms with Crippen molar-refractivity contribution in [3.63, 3.8) is 0 Å². The third kappa shape index (κ3) is 6.31. The highest BCUT2D eigenvalue weighted by molar-refractivity contribution is 9.10. The van der Waals surface area contributed by atoms with E-state index >= 15 is 0 Å². The number of nitrogens with two attached hydrogens (primary N) is 1. The van der Waals surface area contributed by atoms with Gasteiger partial charge in [-0.2, -0.15) is 0 Å². The normalized spacial score (nSPS) is 9.55. The lowest BCUT2D eigenvalue weighted by molar-refractivity contribution is -0.120. The number of amides is 2. The van der Waals surface area contributed by atoms with Gasteiger partial charge in [-0.1, -0.05) is 0 Å². The summed E-state index contributed by atoms with van der Waals surface area (Å²) in [5, 5.41) is 5.13. The van der Waals surface area contributed by atoms with Crippen LogP contribution in [0.4, 0.5) is 4.39 Å². The highest BCUT2D eigenvalue weighted by Crippen LogP contribution is 2.17. The van der Waals surface area contributed by atoms with E-state index in [4.69, 9.17) is 5.73 Å². The van der Waals surface area contributed by atoms with Crippen LogP contribution < -0.4 is 16.4 Å². The number of hydrogen-bond donors (Lipinski definition) is 3. The van der Waals surface area contributed by atoms with E-state index in [1.54, 1.807) is 0 Å². The number of nitrogens with one attached hydrogen (secondary N) is 2. The fourth-order valence-corrected chi connectivity index (χ4v) is 1.78. The van der Waals surface area contributed by atoms with E-state index in [1.807, 2.05) is 0 Å². The minimum atomic E-state index is -0.492. The van der Waals surface area contributed by atoms with Crippen molar-refractivity contribution in [2.45, 2.75) is 6.42 Å². The summed E-state index contributed by atoms with van der Waals surface area (Å²) in [6.45, 7) is 0.953. The first-order chi connectivity index (χ1) is 9.04. The predicted molar refractivity (Wildman–Crippen MR) is 80.4 cm³/mol. The molecule has 0 bridgehead atoms. The van der Waals surface area contributed by atoms with Crippen LogP contribution in [0.3, 0.4) is 0 Å². The molecule has 0 aliphatic heterocycles. The number of rotatable bonds is 6. The maximum atomic E-state index is 13.0. The largest absolute Gasteiger partial charge is 0.355 e. The zero-order valence-electron chi connectivity index (χ0n) is 10.6. The molecule has 0 fully saturated rings. The second kappa shape index (κ2) is 9.68. The molecule has 0 aromatic heterocycles. The van der Waals surface area contributed by atoms with Crippen molar-refractivity contribution in [2.75, 3.05) is 19.6 Å². The van der Waals surface area contributed by atoms with Gasteiger partial charge in [0.05, 0.1) is 5.56 Å². The van der Waals surface area contributed by atoms with E-state index in [0.29, 0.717) is 17.6 Å². The van der Waals surface area contributed by atoms with E-state index in [9.17, 15) is 14.0 Å². The number of carbonyl (C=O) groups excluding carboxylic acids is 2. The molecule has 112 valence electrons. The lowest BCUT2D eigenvalue weighted by Crippen LogP contribution is -2.33. The van der Waals surface area contributed by atoms with Crippen LogP contribution in [0.25, 0.3) is 0 Å². The van der Waals surface area contributed by atoms with Gasteiger partial charge in [-0.3, -0.25) is 9.59 Å². The first kappa shape index (κ1) is 18.8. The number of benzene rings is 1. The highest BCUT2D eigenvalue weighted by atomic mass is 79.9. The van der Waals surface area contributed by atoms with Gasteiger partial charge in [0, 0.05) is 30.5 Å². The topological polar surface area (TPSA) is 84.2 Å². The molecule has 0 atom stereocenters. The molecule has 1 aromatic rings. The minimum Gasteiger partial charge on any atom is -0.355 e. The smallest absolute Gasteiger partial charge is 0.252 e. The third-order valence-electron chi connectivity index (χ3n) is 2.28. The molecule has 2 amide bonds. The van der Waals surface area contributed by atoms with Crippen molar-refractivity contribution in [3.8, 4) is 0 Å². The summed E-state index contributed by atoms with van der Waals surface area (Å²) in [4.78, 5) is 23.0. The van der Waals surface area contributed by atoms with Crippen LogP contribution in [0.15, 0.2) is 22.7 Å². The molecule has 0 aliphatic carbocycles. The SMILES string of the molecule is Cl.NCCNC(=O)CCNC(=O)c1cc(F)ccc1Br. The Kier molecular flexibility index (Phi) is 9.11. The van der Waals surface area contributed by atoms with Crippen LogP contribution in [0.1, 0.15) is 16.8 Å². The van der Waals surface area contributed by atoms with Gasteiger partial charge in [-0.05, 0) is 34.1 Å². The van der Waals surface area contributed by atoms with Crippen LogP contribution in [0.5, 0.6) is 0 Å². The molecule has 1 aromatic carbocycles. The van der Waals surface area contributed by atoms with Crippen molar-refractivity contribution in [1.29, 1.82) is 0 Å². The molecule has 5 nitrogen and oxygen atoms in total. The quantitative estimate of drug-likeness (QED) is 0.705. The van der Waals surface area contributed by atoms with Gasteiger partial charge in [-0.15, -0.1) is 12.4 Å². The Balaban J connectivity index is 0.00000361. The number of carbonyl (C=O) groups is 2. The Morgan fingerprint density at radius 3 is 2.60 bits per heavy atom. The Bertz CT molecular complexity index is 474. The third-order valence-corrected chi connectivity index (χ3v) is 2.97. The second-order valence-electron chi connectivity index (χ2n) is 3.77. The lowest BCUT2D eigenvalue weighted by Gasteiger charge is -2.07. The molecule has 0 saturated heterocycles. The molecule has 0 radical (unpaired) electrons. The average Bonchev–Trinajstić information content (AvgIpc) is 2.39. The maximum Gasteiger partial charge on any atom is 0.252 e. The van der Waals surface area contributed by atoms with Gasteiger partial charge in [0.2, 0.25) is 5.91 Å². The summed E-state index contributed by atoms with van der Waals surface area (Å²) < 4.78 is 13.5. The van der Waals surface area contributed by atoms with Gasteiger partial charge in [0.1, 0.15) is 5.82 Å². The molecule has 0 heterocycles. The van der Waals surface area contributed by atoms with Gasteiger partial charge in [0.15, 0.2) is 0 Å². The van der Waals surface area contributed by atoms with Gasteiger partial charge < -0.3 is 16.4 Å². The van der Waals surface area contributed by atoms with E-state index in [-0.39, 0.29) is 36.8 Å². The van der Waals surface area contributed by atoms with Crippen molar-refractivity contribution in [1.82, 2.24) is 10.6 Å². The molecule has 0 aliphatic rings. The summed E-state index contributed by atoms with van der Waals surface area (Å²) >= 11 is 3.17. The van der Waals surface area contributed by atoms with Crippen molar-refractivity contribution < 1.29 is 14.0 Å². The van der Waals surface area contributed by atoms with Crippen LogP contribution in [0, 0.1) is 5.82 Å². The Hall–Kier alpha value is -1.18. The molecule has 8 heteroatoms. The Morgan fingerprint density at radius 2 is 1.95 bits per heavy atom. The number of halogens is 3. The minimum absolute atomic E-state index is 0. The fraction of sp³-hybridized carbons (Fsp3) is 0.333. The van der Waals surface area contributed by atoms with Crippen LogP contribution in [-0.2, 0) is 4.79 Å². The number of hydrogen-bond acceptors (Lipinski definition) is 3. The first-order valence-corrected chi connectivity index (χ1v) is 6.54. The zero-order chi connectivity index (χ0) is 14.3. The summed E-state index contributed by atoms with van der Waals surface area (Å²) in [5.41, 5.74) is 5.43. The van der Waals surface area contributed by atoms with Crippen LogP contribution in [0.2, 0.25) is 0 Å². The molecule has 0 unspecified atom stereocenters. The molecule has 0 saturated carbocycles. The summed E-state index contributed by atoms with van der Waals surface area (Å²) in [6, 6.07) is 3.84. The average molecular weight is 369 g/mol. The van der Waals surface area contributed by atoms with Crippen LogP contribution >= 0.6 is 28.3 Å². The van der Waals surface area contributed by atoms with E-state index < -0.39 is 11.7 Å². The predicted octanol–water partition coefficient (Wildman–Crippen LogP) is 1.20. The summed E-state index contributed by atoms with van der Waals surface area (Å²) in [6.07, 6.45) is 0.151.